The van der Waals surface area contributed by atoms with Gasteiger partial charge in [-0.05, 0) is 37.3 Å². The Kier molecular flexibility index (Phi) is 5.41. The number of aromatic nitrogens is 1. The van der Waals surface area contributed by atoms with Crippen molar-refractivity contribution in [2.45, 2.75) is 43.9 Å². The van der Waals surface area contributed by atoms with Crippen molar-refractivity contribution in [3.05, 3.63) is 23.5 Å². The maximum Gasteiger partial charge on any atom is 0.246 e. The zero-order valence-electron chi connectivity index (χ0n) is 11.8. The van der Waals surface area contributed by atoms with Gasteiger partial charge >= 0.3 is 0 Å². The predicted molar refractivity (Wildman–Crippen MR) is 80.3 cm³/mol. The van der Waals surface area contributed by atoms with Gasteiger partial charge in [-0.25, -0.2) is 13.4 Å². The van der Waals surface area contributed by atoms with Crippen LogP contribution in [0.4, 0.5) is 0 Å². The highest BCUT2D eigenvalue weighted by atomic mass is 35.5. The second kappa shape index (κ2) is 6.87. The molecule has 2 heterocycles. The molecule has 1 aliphatic heterocycles. The molecule has 0 N–H and O–H groups in total. The zero-order valence-corrected chi connectivity index (χ0v) is 13.3. The molecule has 1 aromatic heterocycles. The van der Waals surface area contributed by atoms with E-state index in [2.05, 4.69) is 11.9 Å². The van der Waals surface area contributed by atoms with Gasteiger partial charge in [-0.15, -0.1) is 0 Å². The maximum absolute atomic E-state index is 12.6. The summed E-state index contributed by atoms with van der Waals surface area (Å²) in [6, 6.07) is 3.13. The van der Waals surface area contributed by atoms with Gasteiger partial charge in [0.05, 0.1) is 0 Å². The molecule has 0 saturated carbocycles. The van der Waals surface area contributed by atoms with Gasteiger partial charge in [0.1, 0.15) is 10.0 Å². The number of hydrogen-bond acceptors (Lipinski definition) is 3. The molecule has 20 heavy (non-hydrogen) atoms. The van der Waals surface area contributed by atoms with E-state index in [1.165, 1.54) is 18.7 Å². The number of rotatable bonds is 4. The highest BCUT2D eigenvalue weighted by Gasteiger charge is 2.29. The Balaban J connectivity index is 2.16. The van der Waals surface area contributed by atoms with Crippen molar-refractivity contribution in [2.75, 3.05) is 13.1 Å². The van der Waals surface area contributed by atoms with Gasteiger partial charge < -0.3 is 0 Å². The lowest BCUT2D eigenvalue weighted by Gasteiger charge is -2.20. The molecule has 2 rings (SSSR count). The number of nitrogens with zero attached hydrogens (tertiary/aromatic N) is 2. The largest absolute Gasteiger partial charge is 0.246 e. The third kappa shape index (κ3) is 3.51. The molecule has 1 unspecified atom stereocenters. The van der Waals surface area contributed by atoms with E-state index in [1.807, 2.05) is 0 Å². The smallest absolute Gasteiger partial charge is 0.243 e. The molecular weight excluding hydrogens is 296 g/mol. The van der Waals surface area contributed by atoms with Crippen LogP contribution in [0.1, 0.15) is 39.0 Å². The topological polar surface area (TPSA) is 50.3 Å². The Morgan fingerprint density at radius 3 is 2.90 bits per heavy atom. The second-order valence-corrected chi connectivity index (χ2v) is 7.55. The fraction of sp³-hybridized carbons (Fsp3) is 0.643. The Morgan fingerprint density at radius 2 is 2.20 bits per heavy atom. The summed E-state index contributed by atoms with van der Waals surface area (Å²) in [7, 11) is -3.52. The molecule has 1 aliphatic rings. The van der Waals surface area contributed by atoms with Crippen molar-refractivity contribution >= 4 is 21.6 Å². The van der Waals surface area contributed by atoms with Crippen molar-refractivity contribution in [3.8, 4) is 0 Å². The van der Waals surface area contributed by atoms with Crippen LogP contribution in [0.2, 0.25) is 5.15 Å². The Hall–Kier alpha value is -0.650. The Labute approximate surface area is 126 Å². The summed E-state index contributed by atoms with van der Waals surface area (Å²) < 4.78 is 26.8. The summed E-state index contributed by atoms with van der Waals surface area (Å²) >= 11 is 5.93. The summed E-state index contributed by atoms with van der Waals surface area (Å²) in [5.74, 6) is 0.643. The van der Waals surface area contributed by atoms with E-state index in [-0.39, 0.29) is 10.0 Å². The predicted octanol–water partition coefficient (Wildman–Crippen LogP) is 3.33. The van der Waals surface area contributed by atoms with Crippen LogP contribution in [0.15, 0.2) is 23.2 Å². The van der Waals surface area contributed by atoms with Crippen LogP contribution in [0.3, 0.4) is 0 Å². The number of sulfonamides is 1. The van der Waals surface area contributed by atoms with Gasteiger partial charge in [0.15, 0.2) is 0 Å². The van der Waals surface area contributed by atoms with Crippen LogP contribution in [-0.2, 0) is 10.0 Å². The van der Waals surface area contributed by atoms with E-state index in [4.69, 9.17) is 11.6 Å². The van der Waals surface area contributed by atoms with Crippen LogP contribution in [0, 0.1) is 5.92 Å². The molecule has 1 saturated heterocycles. The van der Waals surface area contributed by atoms with Crippen molar-refractivity contribution in [3.63, 3.8) is 0 Å². The van der Waals surface area contributed by atoms with Gasteiger partial charge in [-0.3, -0.25) is 0 Å². The average Bonchev–Trinajstić information content (AvgIpc) is 2.65. The molecule has 1 fully saturated rings. The molecule has 0 aliphatic carbocycles. The third-order valence-electron chi connectivity index (χ3n) is 3.85. The molecule has 0 spiro atoms. The molecule has 6 heteroatoms. The van der Waals surface area contributed by atoms with E-state index in [0.717, 1.165) is 25.7 Å². The van der Waals surface area contributed by atoms with Gasteiger partial charge in [0, 0.05) is 19.3 Å². The van der Waals surface area contributed by atoms with Crippen LogP contribution >= 0.6 is 11.6 Å². The summed E-state index contributed by atoms with van der Waals surface area (Å²) in [5.41, 5.74) is 0. The highest BCUT2D eigenvalue weighted by Crippen LogP contribution is 2.27. The molecule has 1 aromatic rings. The lowest BCUT2D eigenvalue weighted by molar-refractivity contribution is 0.400. The van der Waals surface area contributed by atoms with E-state index < -0.39 is 10.0 Å². The van der Waals surface area contributed by atoms with Gasteiger partial charge in [0.25, 0.3) is 0 Å². The number of pyridine rings is 1. The summed E-state index contributed by atoms with van der Waals surface area (Å²) in [6.45, 7) is 3.33. The van der Waals surface area contributed by atoms with Crippen molar-refractivity contribution in [1.82, 2.24) is 9.29 Å². The first-order valence-electron chi connectivity index (χ1n) is 7.16. The monoisotopic (exact) mass is 316 g/mol. The van der Waals surface area contributed by atoms with Crippen LogP contribution in [0.5, 0.6) is 0 Å². The lowest BCUT2D eigenvalue weighted by Crippen LogP contribution is -2.32. The standard InChI is InChI=1S/C14H21ClN2O2S/c1-2-5-12-6-4-10-17(11-8-12)20(18,19)13-7-3-9-16-14(13)15/h3,7,9,12H,2,4-6,8,10-11H2,1H3. The Bertz CT molecular complexity index is 548. The molecule has 0 bridgehead atoms. The minimum atomic E-state index is -3.52. The molecule has 1 atom stereocenters. The fourth-order valence-electron chi connectivity index (χ4n) is 2.78. The molecule has 4 nitrogen and oxygen atoms in total. The number of halogens is 1. The average molecular weight is 317 g/mol. The van der Waals surface area contributed by atoms with Crippen LogP contribution < -0.4 is 0 Å². The first-order chi connectivity index (χ1) is 9.55. The molecule has 112 valence electrons. The van der Waals surface area contributed by atoms with E-state index in [1.54, 1.807) is 10.4 Å². The Morgan fingerprint density at radius 1 is 1.40 bits per heavy atom. The molecular formula is C14H21ClN2O2S. The minimum Gasteiger partial charge on any atom is -0.243 e. The van der Waals surface area contributed by atoms with Crippen molar-refractivity contribution in [1.29, 1.82) is 0 Å². The first kappa shape index (κ1) is 15.7. The first-order valence-corrected chi connectivity index (χ1v) is 8.98. The minimum absolute atomic E-state index is 0.0573. The van der Waals surface area contributed by atoms with E-state index in [9.17, 15) is 8.42 Å². The lowest BCUT2D eigenvalue weighted by atomic mass is 9.96. The van der Waals surface area contributed by atoms with E-state index >= 15 is 0 Å². The van der Waals surface area contributed by atoms with Crippen molar-refractivity contribution in [2.24, 2.45) is 5.92 Å². The fourth-order valence-corrected chi connectivity index (χ4v) is 4.70. The maximum atomic E-state index is 12.6. The van der Waals surface area contributed by atoms with Crippen LogP contribution in [0.25, 0.3) is 0 Å². The van der Waals surface area contributed by atoms with Crippen LogP contribution in [-0.4, -0.2) is 30.8 Å². The quantitative estimate of drug-likeness (QED) is 0.801. The van der Waals surface area contributed by atoms with Gasteiger partial charge in [0.2, 0.25) is 10.0 Å². The third-order valence-corrected chi connectivity index (χ3v) is 6.19. The van der Waals surface area contributed by atoms with Gasteiger partial charge in [-0.2, -0.15) is 4.31 Å². The zero-order chi connectivity index (χ0) is 14.6. The summed E-state index contributed by atoms with van der Waals surface area (Å²) in [6.07, 6.45) is 6.81. The van der Waals surface area contributed by atoms with Crippen molar-refractivity contribution < 1.29 is 8.42 Å². The van der Waals surface area contributed by atoms with Gasteiger partial charge in [-0.1, -0.05) is 31.4 Å². The highest BCUT2D eigenvalue weighted by molar-refractivity contribution is 7.89. The number of hydrogen-bond donors (Lipinski definition) is 0. The SMILES string of the molecule is CCCC1CCCN(S(=O)(=O)c2cccnc2Cl)CC1. The molecule has 0 amide bonds. The molecule has 0 radical (unpaired) electrons. The summed E-state index contributed by atoms with van der Waals surface area (Å²) in [4.78, 5) is 3.99. The van der Waals surface area contributed by atoms with E-state index in [0.29, 0.717) is 19.0 Å². The summed E-state index contributed by atoms with van der Waals surface area (Å²) in [5, 5.41) is 0.0573. The normalized spacial score (nSPS) is 21.6. The second-order valence-electron chi connectivity index (χ2n) is 5.28. The molecule has 0 aromatic carbocycles.